The highest BCUT2D eigenvalue weighted by atomic mass is 16.5. The van der Waals surface area contributed by atoms with Crippen LogP contribution in [-0.4, -0.2) is 17.5 Å². The van der Waals surface area contributed by atoms with Crippen molar-refractivity contribution in [3.63, 3.8) is 0 Å². The Balaban J connectivity index is 1.06. The van der Waals surface area contributed by atoms with Crippen molar-refractivity contribution in [1.29, 1.82) is 0 Å². The van der Waals surface area contributed by atoms with Crippen LogP contribution in [0, 0.1) is 34.5 Å². The minimum atomic E-state index is -0.211. The molecule has 1 heterocycles. The summed E-state index contributed by atoms with van der Waals surface area (Å²) in [4.78, 5) is 39.3. The Bertz CT molecular complexity index is 1580. The Labute approximate surface area is 249 Å². The molecule has 0 unspecified atom stereocenters. The van der Waals surface area contributed by atoms with Gasteiger partial charge in [-0.05, 0) is 145 Å². The zero-order valence-corrected chi connectivity index (χ0v) is 25.1. The van der Waals surface area contributed by atoms with Gasteiger partial charge in [-0.15, -0.1) is 0 Å². The summed E-state index contributed by atoms with van der Waals surface area (Å²) in [6, 6.07) is 9.11. The number of hydrogen-bond acceptors (Lipinski definition) is 4. The normalized spacial score (nSPS) is 39.4. The molecule has 1 aliphatic heterocycles. The zero-order chi connectivity index (χ0) is 28.5. The summed E-state index contributed by atoms with van der Waals surface area (Å²) in [5, 5.41) is 0. The molecule has 6 aliphatic carbocycles. The van der Waals surface area contributed by atoms with Gasteiger partial charge in [0, 0.05) is 30.1 Å². The Morgan fingerprint density at radius 2 is 1.19 bits per heavy atom. The number of rotatable bonds is 0. The van der Waals surface area contributed by atoms with Crippen molar-refractivity contribution in [2.75, 3.05) is 0 Å². The smallest absolute Gasteiger partial charge is 0.343 e. The molecule has 218 valence electrons. The first-order valence-electron chi connectivity index (χ1n) is 16.8. The second kappa shape index (κ2) is 8.67. The first-order chi connectivity index (χ1) is 20.2. The van der Waals surface area contributed by atoms with Crippen molar-refractivity contribution in [1.82, 2.24) is 0 Å². The fourth-order valence-electron chi connectivity index (χ4n) is 11.8. The first-order valence-corrected chi connectivity index (χ1v) is 16.8. The number of carbonyl (C=O) groups excluding carboxylic acids is 3. The van der Waals surface area contributed by atoms with Gasteiger partial charge in [-0.3, -0.25) is 9.59 Å². The SMILES string of the molecule is C[C@@]12CC[C@H]3c4cc5c(cc4CC[C@@H]3[C@H]1CCC2=O)OC(=O)c1cc2c(cc1C5)CC[C@@H]1[C@H]3CCC(=O)[C@]3(C)CC[C@@H]21. The average molecular weight is 563 g/mol. The van der Waals surface area contributed by atoms with E-state index in [-0.39, 0.29) is 16.8 Å². The number of Topliss-reactive ketones (excluding diaryl/α,β-unsaturated/α-hetero) is 2. The third kappa shape index (κ3) is 3.33. The van der Waals surface area contributed by atoms with Gasteiger partial charge in [-0.1, -0.05) is 26.0 Å². The predicted octanol–water partition coefficient (Wildman–Crippen LogP) is 7.66. The van der Waals surface area contributed by atoms with E-state index in [9.17, 15) is 14.4 Å². The quantitative estimate of drug-likeness (QED) is 0.244. The number of fused-ring (bicyclic) bond motifs is 12. The van der Waals surface area contributed by atoms with Crippen LogP contribution in [0.1, 0.15) is 134 Å². The Kier molecular flexibility index (Phi) is 5.31. The molecule has 4 saturated carbocycles. The van der Waals surface area contributed by atoms with E-state index in [0.29, 0.717) is 47.1 Å². The monoisotopic (exact) mass is 562 g/mol. The molecule has 0 amide bonds. The summed E-state index contributed by atoms with van der Waals surface area (Å²) in [6.07, 6.45) is 12.8. The van der Waals surface area contributed by atoms with Crippen LogP contribution in [0.4, 0.5) is 0 Å². The summed E-state index contributed by atoms with van der Waals surface area (Å²) >= 11 is 0. The molecule has 0 spiro atoms. The van der Waals surface area contributed by atoms with Gasteiger partial charge in [0.15, 0.2) is 0 Å². The molecule has 0 saturated heterocycles. The number of ketones is 2. The van der Waals surface area contributed by atoms with Gasteiger partial charge in [-0.25, -0.2) is 4.79 Å². The maximum atomic E-state index is 13.7. The van der Waals surface area contributed by atoms with Gasteiger partial charge in [0.1, 0.15) is 17.3 Å². The van der Waals surface area contributed by atoms with Crippen molar-refractivity contribution in [2.45, 2.75) is 109 Å². The number of esters is 1. The van der Waals surface area contributed by atoms with Gasteiger partial charge < -0.3 is 4.74 Å². The molecule has 4 heteroatoms. The maximum Gasteiger partial charge on any atom is 0.343 e. The summed E-state index contributed by atoms with van der Waals surface area (Å²) in [5.41, 5.74) is 8.33. The lowest BCUT2D eigenvalue weighted by Gasteiger charge is -2.48. The molecule has 4 fully saturated rings. The van der Waals surface area contributed by atoms with Gasteiger partial charge in [0.05, 0.1) is 5.56 Å². The van der Waals surface area contributed by atoms with E-state index in [1.807, 2.05) is 0 Å². The van der Waals surface area contributed by atoms with Crippen molar-refractivity contribution in [3.8, 4) is 5.75 Å². The molecule has 4 nitrogen and oxygen atoms in total. The lowest BCUT2D eigenvalue weighted by Crippen LogP contribution is -2.42. The molecule has 2 aromatic rings. The molecule has 0 aromatic heterocycles. The van der Waals surface area contributed by atoms with Crippen LogP contribution in [0.5, 0.6) is 5.75 Å². The lowest BCUT2D eigenvalue weighted by molar-refractivity contribution is -0.130. The summed E-state index contributed by atoms with van der Waals surface area (Å²) in [5.74, 6) is 4.62. The number of hydrogen-bond donors (Lipinski definition) is 0. The van der Waals surface area contributed by atoms with E-state index in [2.05, 4.69) is 38.1 Å². The van der Waals surface area contributed by atoms with E-state index < -0.39 is 0 Å². The molecule has 7 aliphatic rings. The third-order valence-corrected chi connectivity index (χ3v) is 14.1. The van der Waals surface area contributed by atoms with Gasteiger partial charge in [0.25, 0.3) is 0 Å². The number of aryl methyl sites for hydroxylation is 2. The topological polar surface area (TPSA) is 60.4 Å². The minimum Gasteiger partial charge on any atom is -0.423 e. The van der Waals surface area contributed by atoms with E-state index in [4.69, 9.17) is 4.74 Å². The minimum absolute atomic E-state index is 0.110. The summed E-state index contributed by atoms with van der Waals surface area (Å²) in [7, 11) is 0. The van der Waals surface area contributed by atoms with Crippen LogP contribution in [0.15, 0.2) is 24.3 Å². The zero-order valence-electron chi connectivity index (χ0n) is 25.1. The van der Waals surface area contributed by atoms with Gasteiger partial charge in [-0.2, -0.15) is 0 Å². The van der Waals surface area contributed by atoms with Crippen LogP contribution >= 0.6 is 0 Å². The highest BCUT2D eigenvalue weighted by Crippen LogP contribution is 2.61. The van der Waals surface area contributed by atoms with Crippen molar-refractivity contribution < 1.29 is 19.1 Å². The van der Waals surface area contributed by atoms with Gasteiger partial charge in [0.2, 0.25) is 0 Å². The van der Waals surface area contributed by atoms with E-state index in [1.54, 1.807) is 0 Å². The molecular formula is C38H42O4. The fraction of sp³-hybridized carbons (Fsp3) is 0.605. The highest BCUT2D eigenvalue weighted by molar-refractivity contribution is 5.94. The Morgan fingerprint density at radius 1 is 0.619 bits per heavy atom. The van der Waals surface area contributed by atoms with Crippen LogP contribution in [0.3, 0.4) is 0 Å². The van der Waals surface area contributed by atoms with Crippen LogP contribution in [0.2, 0.25) is 0 Å². The van der Waals surface area contributed by atoms with E-state index in [1.165, 1.54) is 22.3 Å². The summed E-state index contributed by atoms with van der Waals surface area (Å²) < 4.78 is 6.18. The van der Waals surface area contributed by atoms with E-state index >= 15 is 0 Å². The summed E-state index contributed by atoms with van der Waals surface area (Å²) in [6.45, 7) is 4.47. The van der Waals surface area contributed by atoms with E-state index in [0.717, 1.165) is 106 Å². The Morgan fingerprint density at radius 3 is 1.81 bits per heavy atom. The van der Waals surface area contributed by atoms with Crippen LogP contribution < -0.4 is 4.74 Å². The molecule has 2 aromatic carbocycles. The molecule has 9 rings (SSSR count). The number of benzene rings is 2. The lowest BCUT2D eigenvalue weighted by atomic mass is 9.55. The third-order valence-electron chi connectivity index (χ3n) is 14.1. The van der Waals surface area contributed by atoms with Gasteiger partial charge >= 0.3 is 5.97 Å². The molecule has 0 N–H and O–H groups in total. The predicted molar refractivity (Wildman–Crippen MR) is 160 cm³/mol. The number of ether oxygens (including phenoxy) is 1. The van der Waals surface area contributed by atoms with Crippen LogP contribution in [-0.2, 0) is 28.9 Å². The molecule has 0 bridgehead atoms. The van der Waals surface area contributed by atoms with Crippen molar-refractivity contribution >= 4 is 17.5 Å². The number of carbonyl (C=O) groups is 3. The molecule has 8 atom stereocenters. The molecular weight excluding hydrogens is 520 g/mol. The Hall–Kier alpha value is -2.75. The van der Waals surface area contributed by atoms with Crippen LogP contribution in [0.25, 0.3) is 0 Å². The molecule has 0 radical (unpaired) electrons. The second-order valence-electron chi connectivity index (χ2n) is 15.6. The highest BCUT2D eigenvalue weighted by Gasteiger charge is 2.56. The fourth-order valence-corrected chi connectivity index (χ4v) is 11.8. The average Bonchev–Trinajstić information content (AvgIpc) is 3.41. The standard InChI is InChI=1S/C38H42O4/c1-37-13-11-24-26(31(37)7-9-34(37)39)6-4-21-18-33-23(17-28(21)24)16-22-15-20-3-5-27-25(29(20)19-30(22)36(41)42-33)12-14-38(2)32(27)8-10-35(38)40/h15,17-19,24-27,31-32H,3-14,16H2,1-2H3/t24-,25-,26+,27+,31-,32-,37-,38-/m1/s1. The van der Waals surface area contributed by atoms with Crippen molar-refractivity contribution in [3.05, 3.63) is 63.2 Å². The maximum absolute atomic E-state index is 13.7. The largest absolute Gasteiger partial charge is 0.423 e. The first kappa shape index (κ1) is 25.7. The molecule has 42 heavy (non-hydrogen) atoms. The second-order valence-corrected chi connectivity index (χ2v) is 15.6. The van der Waals surface area contributed by atoms with Crippen molar-refractivity contribution in [2.24, 2.45) is 34.5 Å².